The maximum absolute atomic E-state index is 12.6. The number of nitrogens with zero attached hydrogens (tertiary/aromatic N) is 2. The number of benzene rings is 1. The highest BCUT2D eigenvalue weighted by atomic mass is 19.4. The van der Waals surface area contributed by atoms with Gasteiger partial charge in [0.15, 0.2) is 0 Å². The van der Waals surface area contributed by atoms with Gasteiger partial charge in [-0.15, -0.1) is 6.42 Å². The zero-order valence-corrected chi connectivity index (χ0v) is 16.5. The van der Waals surface area contributed by atoms with E-state index in [1.807, 2.05) is 0 Å². The smallest absolute Gasteiger partial charge is 0.416 e. The van der Waals surface area contributed by atoms with Crippen LogP contribution in [0.5, 0.6) is 5.75 Å². The van der Waals surface area contributed by atoms with Crippen molar-refractivity contribution in [2.45, 2.75) is 68.9 Å². The number of likely N-dealkylation sites (tertiary alicyclic amines) is 1. The van der Waals surface area contributed by atoms with Crippen molar-refractivity contribution < 1.29 is 22.7 Å². The Balaban J connectivity index is 1.43. The third kappa shape index (κ3) is 5.25. The summed E-state index contributed by atoms with van der Waals surface area (Å²) in [6.07, 6.45) is 5.37. The lowest BCUT2D eigenvalue weighted by Crippen LogP contribution is -2.47. The van der Waals surface area contributed by atoms with Crippen LogP contribution in [-0.2, 0) is 11.0 Å². The Morgan fingerprint density at radius 1 is 1.13 bits per heavy atom. The molecule has 0 aromatic heterocycles. The highest BCUT2D eigenvalue weighted by Gasteiger charge is 2.36. The van der Waals surface area contributed by atoms with Gasteiger partial charge in [-0.05, 0) is 62.8 Å². The number of nitriles is 1. The van der Waals surface area contributed by atoms with E-state index in [2.05, 4.69) is 17.3 Å². The van der Waals surface area contributed by atoms with Gasteiger partial charge in [-0.3, -0.25) is 4.79 Å². The van der Waals surface area contributed by atoms with Gasteiger partial charge in [-0.2, -0.15) is 18.4 Å². The summed E-state index contributed by atoms with van der Waals surface area (Å²) in [7, 11) is 0. The summed E-state index contributed by atoms with van der Waals surface area (Å²) >= 11 is 0. The predicted molar refractivity (Wildman–Crippen MR) is 104 cm³/mol. The number of carbonyl (C=O) groups is 1. The Labute approximate surface area is 174 Å². The zero-order valence-electron chi connectivity index (χ0n) is 16.5. The van der Waals surface area contributed by atoms with Crippen LogP contribution in [0.25, 0.3) is 0 Å². The van der Waals surface area contributed by atoms with E-state index in [9.17, 15) is 23.2 Å². The molecule has 1 heterocycles. The van der Waals surface area contributed by atoms with Crippen molar-refractivity contribution in [3.8, 4) is 24.2 Å². The lowest BCUT2D eigenvalue weighted by Gasteiger charge is -2.30. The van der Waals surface area contributed by atoms with Crippen LogP contribution < -0.4 is 10.1 Å². The number of hydrogen-bond acceptors (Lipinski definition) is 4. The van der Waals surface area contributed by atoms with Crippen molar-refractivity contribution in [1.29, 1.82) is 5.26 Å². The molecule has 1 aliphatic heterocycles. The molecule has 1 amide bonds. The van der Waals surface area contributed by atoms with Gasteiger partial charge in [0, 0.05) is 6.04 Å². The number of nitrogens with one attached hydrogen (secondary N) is 1. The van der Waals surface area contributed by atoms with E-state index in [4.69, 9.17) is 11.2 Å². The van der Waals surface area contributed by atoms with Gasteiger partial charge in [-0.25, -0.2) is 0 Å². The number of halogens is 3. The van der Waals surface area contributed by atoms with Crippen LogP contribution in [0.15, 0.2) is 24.3 Å². The molecule has 2 aliphatic rings. The van der Waals surface area contributed by atoms with Crippen LogP contribution in [0.1, 0.15) is 44.1 Å². The van der Waals surface area contributed by atoms with Crippen LogP contribution in [0, 0.1) is 23.7 Å². The molecular formula is C22H24F3N3O2. The fourth-order valence-corrected chi connectivity index (χ4v) is 4.07. The molecular weight excluding hydrogens is 395 g/mol. The maximum Gasteiger partial charge on any atom is 0.416 e. The number of terminal acetylenes is 1. The first-order valence-corrected chi connectivity index (χ1v) is 10.1. The van der Waals surface area contributed by atoms with E-state index < -0.39 is 17.8 Å². The summed E-state index contributed by atoms with van der Waals surface area (Å²) in [6.45, 7) is 0.130. The van der Waals surface area contributed by atoms with Crippen LogP contribution >= 0.6 is 0 Å². The Bertz CT molecular complexity index is 796. The van der Waals surface area contributed by atoms with E-state index in [0.29, 0.717) is 18.6 Å². The molecule has 160 valence electrons. The molecule has 2 atom stereocenters. The molecule has 0 bridgehead atoms. The lowest BCUT2D eigenvalue weighted by atomic mass is 9.93. The molecule has 3 rings (SSSR count). The Kier molecular flexibility index (Phi) is 6.89. The van der Waals surface area contributed by atoms with Crippen molar-refractivity contribution in [2.75, 3.05) is 6.54 Å². The van der Waals surface area contributed by atoms with Crippen molar-refractivity contribution in [2.24, 2.45) is 0 Å². The van der Waals surface area contributed by atoms with Gasteiger partial charge in [0.2, 0.25) is 5.91 Å². The molecule has 2 fully saturated rings. The summed E-state index contributed by atoms with van der Waals surface area (Å²) < 4.78 is 43.7. The molecule has 1 N–H and O–H groups in total. The summed E-state index contributed by atoms with van der Waals surface area (Å²) in [4.78, 5) is 14.0. The number of alkyl halides is 3. The summed E-state index contributed by atoms with van der Waals surface area (Å²) in [5.41, 5.74) is -0.698. The number of hydrogen-bond donors (Lipinski definition) is 1. The maximum atomic E-state index is 12.6. The van der Waals surface area contributed by atoms with E-state index in [1.54, 1.807) is 0 Å². The molecule has 1 saturated heterocycles. The molecule has 1 aromatic carbocycles. The Hall–Kier alpha value is -2.71. The van der Waals surface area contributed by atoms with E-state index in [-0.39, 0.29) is 30.6 Å². The molecule has 0 radical (unpaired) electrons. The van der Waals surface area contributed by atoms with Gasteiger partial charge >= 0.3 is 6.18 Å². The van der Waals surface area contributed by atoms with Gasteiger partial charge < -0.3 is 15.0 Å². The molecule has 0 spiro atoms. The van der Waals surface area contributed by atoms with E-state index >= 15 is 0 Å². The minimum absolute atomic E-state index is 0.0668. The molecule has 8 heteroatoms. The van der Waals surface area contributed by atoms with Gasteiger partial charge in [0.05, 0.1) is 30.3 Å². The van der Waals surface area contributed by atoms with Gasteiger partial charge in [-0.1, -0.05) is 5.92 Å². The largest absolute Gasteiger partial charge is 0.490 e. The minimum atomic E-state index is -4.36. The molecule has 5 nitrogen and oxygen atoms in total. The second kappa shape index (κ2) is 9.40. The van der Waals surface area contributed by atoms with E-state index in [1.165, 1.54) is 17.0 Å². The number of ether oxygens (including phenoxy) is 1. The van der Waals surface area contributed by atoms with Crippen molar-refractivity contribution >= 4 is 5.91 Å². The number of rotatable bonds is 5. The van der Waals surface area contributed by atoms with E-state index in [0.717, 1.165) is 37.8 Å². The highest BCUT2D eigenvalue weighted by molar-refractivity contribution is 5.80. The Morgan fingerprint density at radius 3 is 2.33 bits per heavy atom. The average Bonchev–Trinajstić information content (AvgIpc) is 3.16. The van der Waals surface area contributed by atoms with Gasteiger partial charge in [0.1, 0.15) is 11.8 Å². The number of carbonyl (C=O) groups excluding carboxylic acids is 1. The standard InChI is InChI=1S/C22H24F3N3O2/c1-2-17-7-8-18(13-26)28(17)21(29)14-27-16-5-11-20(12-6-16)30-19-9-3-15(4-10-19)22(23,24)25/h1,3-4,9-10,16-18,20,27H,5-8,11-12,14H2/t16?,17-,18+,20?/m1/s1. The van der Waals surface area contributed by atoms with Crippen LogP contribution in [-0.4, -0.2) is 41.6 Å². The predicted octanol–water partition coefficient (Wildman–Crippen LogP) is 3.50. The first-order valence-electron chi connectivity index (χ1n) is 10.1. The summed E-state index contributed by atoms with van der Waals surface area (Å²) in [5, 5.41) is 12.5. The van der Waals surface area contributed by atoms with Gasteiger partial charge in [0.25, 0.3) is 0 Å². The normalized spacial score (nSPS) is 26.6. The monoisotopic (exact) mass is 419 g/mol. The minimum Gasteiger partial charge on any atom is -0.490 e. The quantitative estimate of drug-likeness (QED) is 0.742. The molecule has 1 aliphatic carbocycles. The first-order chi connectivity index (χ1) is 14.3. The van der Waals surface area contributed by atoms with Crippen molar-refractivity contribution in [3.05, 3.63) is 29.8 Å². The lowest BCUT2D eigenvalue weighted by molar-refractivity contribution is -0.137. The second-order valence-corrected chi connectivity index (χ2v) is 7.70. The molecule has 1 saturated carbocycles. The van der Waals surface area contributed by atoms with Crippen LogP contribution in [0.3, 0.4) is 0 Å². The van der Waals surface area contributed by atoms with Crippen molar-refractivity contribution in [1.82, 2.24) is 10.2 Å². The third-order valence-corrected chi connectivity index (χ3v) is 5.72. The topological polar surface area (TPSA) is 65.4 Å². The van der Waals surface area contributed by atoms with Crippen molar-refractivity contribution in [3.63, 3.8) is 0 Å². The Morgan fingerprint density at radius 2 is 1.77 bits per heavy atom. The fourth-order valence-electron chi connectivity index (χ4n) is 4.07. The average molecular weight is 419 g/mol. The summed E-state index contributed by atoms with van der Waals surface area (Å²) in [5.74, 6) is 2.85. The molecule has 1 aromatic rings. The van der Waals surface area contributed by atoms with Crippen LogP contribution in [0.4, 0.5) is 13.2 Å². The second-order valence-electron chi connectivity index (χ2n) is 7.70. The summed E-state index contributed by atoms with van der Waals surface area (Å²) in [6, 6.07) is 6.22. The third-order valence-electron chi connectivity index (χ3n) is 5.72. The highest BCUT2D eigenvalue weighted by Crippen LogP contribution is 2.31. The first kappa shape index (κ1) is 22.0. The zero-order chi connectivity index (χ0) is 21.7. The number of amides is 1. The SMILES string of the molecule is C#C[C@@H]1CC[C@@H](C#N)N1C(=O)CNC1CCC(Oc2ccc(C(F)(F)F)cc2)CC1. The molecule has 0 unspecified atom stereocenters. The van der Waals surface area contributed by atoms with Crippen LogP contribution in [0.2, 0.25) is 0 Å². The fraction of sp³-hybridized carbons (Fsp3) is 0.545. The molecule has 30 heavy (non-hydrogen) atoms.